The van der Waals surface area contributed by atoms with Crippen molar-refractivity contribution in [2.45, 2.75) is 19.1 Å². The van der Waals surface area contributed by atoms with Gasteiger partial charge in [0.15, 0.2) is 6.04 Å². The van der Waals surface area contributed by atoms with Crippen LogP contribution in [0.4, 0.5) is 0 Å². The molecule has 0 aliphatic carbocycles. The normalized spacial score (nSPS) is 30.5. The van der Waals surface area contributed by atoms with E-state index in [1.54, 1.807) is 6.92 Å². The van der Waals surface area contributed by atoms with Crippen LogP contribution < -0.4 is 5.32 Å². The van der Waals surface area contributed by atoms with Crippen LogP contribution in [0.25, 0.3) is 0 Å². The fourth-order valence-electron chi connectivity index (χ4n) is 0.929. The molecule has 0 aromatic heterocycles. The van der Waals surface area contributed by atoms with Gasteiger partial charge in [-0.2, -0.15) is 0 Å². The first-order valence-electron chi connectivity index (χ1n) is 3.29. The Balaban J connectivity index is 2.67. The molecule has 0 spiro atoms. The maximum Gasteiger partial charge on any atom is 0.328 e. The molecule has 0 radical (unpaired) electrons. The molecule has 0 aromatic carbocycles. The second-order valence-corrected chi connectivity index (χ2v) is 2.45. The number of hydrogen-bond donors (Lipinski definition) is 3. The summed E-state index contributed by atoms with van der Waals surface area (Å²) in [5, 5.41) is 20.2. The molecule has 5 heteroatoms. The van der Waals surface area contributed by atoms with Gasteiger partial charge in [0.05, 0.1) is 12.4 Å². The molecule has 0 saturated carbocycles. The summed E-state index contributed by atoms with van der Waals surface area (Å²) in [4.78, 5) is 14.3. The largest absolute Gasteiger partial charge is 0.480 e. The second kappa shape index (κ2) is 2.87. The Bertz CT molecular complexity index is 202. The highest BCUT2D eigenvalue weighted by Gasteiger charge is 2.28. The van der Waals surface area contributed by atoms with Crippen molar-refractivity contribution >= 4 is 11.8 Å². The first kappa shape index (κ1) is 8.00. The number of nitrogens with zero attached hydrogens (tertiary/aromatic N) is 1. The molecular formula is C6H10N2O3. The third kappa shape index (κ3) is 1.68. The number of nitrogens with one attached hydrogen (secondary N) is 1. The molecule has 1 aliphatic heterocycles. The Morgan fingerprint density at radius 2 is 2.45 bits per heavy atom. The van der Waals surface area contributed by atoms with Gasteiger partial charge < -0.3 is 15.5 Å². The van der Waals surface area contributed by atoms with E-state index < -0.39 is 18.1 Å². The van der Waals surface area contributed by atoms with Gasteiger partial charge in [-0.15, -0.1) is 0 Å². The van der Waals surface area contributed by atoms with Crippen LogP contribution in [-0.4, -0.2) is 40.7 Å². The number of aliphatic imine (C=N–C) groups is 1. The summed E-state index contributed by atoms with van der Waals surface area (Å²) in [6, 6.07) is -0.910. The van der Waals surface area contributed by atoms with Gasteiger partial charge in [-0.1, -0.05) is 0 Å². The maximum absolute atomic E-state index is 10.4. The monoisotopic (exact) mass is 158 g/mol. The molecular weight excluding hydrogens is 148 g/mol. The van der Waals surface area contributed by atoms with Crippen molar-refractivity contribution < 1.29 is 15.0 Å². The Hall–Kier alpha value is -1.10. The third-order valence-corrected chi connectivity index (χ3v) is 1.53. The van der Waals surface area contributed by atoms with Crippen LogP contribution in [-0.2, 0) is 4.79 Å². The van der Waals surface area contributed by atoms with Crippen LogP contribution in [0.15, 0.2) is 4.99 Å². The number of hydrogen-bond acceptors (Lipinski definition) is 4. The first-order valence-corrected chi connectivity index (χ1v) is 3.29. The summed E-state index contributed by atoms with van der Waals surface area (Å²) in [5.74, 6) is -0.491. The summed E-state index contributed by atoms with van der Waals surface area (Å²) < 4.78 is 0. The molecule has 0 amide bonds. The van der Waals surface area contributed by atoms with Gasteiger partial charge in [0, 0.05) is 0 Å². The smallest absolute Gasteiger partial charge is 0.328 e. The third-order valence-electron chi connectivity index (χ3n) is 1.53. The van der Waals surface area contributed by atoms with E-state index in [-0.39, 0.29) is 6.54 Å². The van der Waals surface area contributed by atoms with Gasteiger partial charge in [-0.3, -0.25) is 4.99 Å². The molecule has 1 aliphatic rings. The minimum absolute atomic E-state index is 0.163. The lowest BCUT2D eigenvalue weighted by molar-refractivity contribution is -0.141. The highest BCUT2D eigenvalue weighted by molar-refractivity contribution is 5.87. The lowest BCUT2D eigenvalue weighted by atomic mass is 10.1. The van der Waals surface area contributed by atoms with Gasteiger partial charge in [0.2, 0.25) is 0 Å². The molecule has 0 fully saturated rings. The number of amidine groups is 1. The Kier molecular flexibility index (Phi) is 2.09. The predicted octanol–water partition coefficient (Wildman–Crippen LogP) is -1.18. The second-order valence-electron chi connectivity index (χ2n) is 2.45. The number of carbonyl (C=O) groups is 1. The van der Waals surface area contributed by atoms with Crippen LogP contribution in [0.5, 0.6) is 0 Å². The number of carboxylic acids is 1. The van der Waals surface area contributed by atoms with Gasteiger partial charge >= 0.3 is 5.97 Å². The quantitative estimate of drug-likeness (QED) is 0.448. The number of aliphatic carboxylic acids is 1. The number of rotatable bonds is 1. The average Bonchev–Trinajstić information content (AvgIpc) is 1.94. The van der Waals surface area contributed by atoms with E-state index in [0.29, 0.717) is 5.84 Å². The van der Waals surface area contributed by atoms with Crippen molar-refractivity contribution in [3.63, 3.8) is 0 Å². The van der Waals surface area contributed by atoms with Crippen molar-refractivity contribution in [1.29, 1.82) is 0 Å². The SMILES string of the molecule is CC1=NCC(O)C(C(=O)O)N1. The summed E-state index contributed by atoms with van der Waals surface area (Å²) >= 11 is 0. The molecule has 2 atom stereocenters. The summed E-state index contributed by atoms with van der Waals surface area (Å²) in [6.45, 7) is 1.83. The summed E-state index contributed by atoms with van der Waals surface area (Å²) in [6.07, 6.45) is -0.920. The topological polar surface area (TPSA) is 81.9 Å². The minimum atomic E-state index is -1.05. The average molecular weight is 158 g/mol. The van der Waals surface area contributed by atoms with Gasteiger partial charge in [0.25, 0.3) is 0 Å². The molecule has 2 unspecified atom stereocenters. The molecule has 0 aromatic rings. The lowest BCUT2D eigenvalue weighted by Crippen LogP contribution is -2.52. The van der Waals surface area contributed by atoms with Crippen molar-refractivity contribution in [1.82, 2.24) is 5.32 Å². The van der Waals surface area contributed by atoms with Gasteiger partial charge in [-0.25, -0.2) is 4.79 Å². The van der Waals surface area contributed by atoms with Crippen molar-refractivity contribution in [2.75, 3.05) is 6.54 Å². The Labute approximate surface area is 63.8 Å². The molecule has 0 bridgehead atoms. The first-order chi connectivity index (χ1) is 5.11. The van der Waals surface area contributed by atoms with Crippen molar-refractivity contribution in [3.8, 4) is 0 Å². The molecule has 3 N–H and O–H groups in total. The zero-order valence-electron chi connectivity index (χ0n) is 6.11. The van der Waals surface area contributed by atoms with Gasteiger partial charge in [-0.05, 0) is 6.92 Å². The molecule has 5 nitrogen and oxygen atoms in total. The summed E-state index contributed by atoms with van der Waals surface area (Å²) in [7, 11) is 0. The fourth-order valence-corrected chi connectivity index (χ4v) is 0.929. The van der Waals surface area contributed by atoms with Crippen molar-refractivity contribution in [2.24, 2.45) is 4.99 Å². The van der Waals surface area contributed by atoms with E-state index in [9.17, 15) is 4.79 Å². The number of aliphatic hydroxyl groups is 1. The highest BCUT2D eigenvalue weighted by atomic mass is 16.4. The van der Waals surface area contributed by atoms with E-state index >= 15 is 0 Å². The summed E-state index contributed by atoms with van der Waals surface area (Å²) in [5.41, 5.74) is 0. The number of carboxylic acid groups (broad SMARTS) is 1. The van der Waals surface area contributed by atoms with E-state index in [1.807, 2.05) is 0 Å². The molecule has 1 heterocycles. The van der Waals surface area contributed by atoms with E-state index in [4.69, 9.17) is 10.2 Å². The Morgan fingerprint density at radius 3 is 2.91 bits per heavy atom. The Morgan fingerprint density at radius 1 is 1.82 bits per heavy atom. The standard InChI is InChI=1S/C6H10N2O3/c1-3-7-2-4(9)5(8-3)6(10)11/h4-5,9H,2H2,1H3,(H,7,8)(H,10,11). The molecule has 11 heavy (non-hydrogen) atoms. The molecule has 0 saturated heterocycles. The van der Waals surface area contributed by atoms with Gasteiger partial charge in [0.1, 0.15) is 6.10 Å². The predicted molar refractivity (Wildman–Crippen MR) is 38.5 cm³/mol. The molecule has 1 rings (SSSR count). The van der Waals surface area contributed by atoms with Crippen LogP contribution >= 0.6 is 0 Å². The highest BCUT2D eigenvalue weighted by Crippen LogP contribution is 2.00. The van der Waals surface area contributed by atoms with Crippen LogP contribution in [0, 0.1) is 0 Å². The van der Waals surface area contributed by atoms with Crippen LogP contribution in [0.3, 0.4) is 0 Å². The number of aliphatic hydroxyl groups excluding tert-OH is 1. The maximum atomic E-state index is 10.4. The zero-order valence-corrected chi connectivity index (χ0v) is 6.11. The zero-order chi connectivity index (χ0) is 8.43. The van der Waals surface area contributed by atoms with Crippen LogP contribution in [0.1, 0.15) is 6.92 Å². The van der Waals surface area contributed by atoms with Crippen LogP contribution in [0.2, 0.25) is 0 Å². The fraction of sp³-hybridized carbons (Fsp3) is 0.667. The minimum Gasteiger partial charge on any atom is -0.480 e. The van der Waals surface area contributed by atoms with E-state index in [0.717, 1.165) is 0 Å². The van der Waals surface area contributed by atoms with Crippen molar-refractivity contribution in [3.05, 3.63) is 0 Å². The molecule has 62 valence electrons. The van der Waals surface area contributed by atoms with E-state index in [1.165, 1.54) is 0 Å². The lowest BCUT2D eigenvalue weighted by Gasteiger charge is -2.24. The van der Waals surface area contributed by atoms with E-state index in [2.05, 4.69) is 10.3 Å².